The molecule has 2 atom stereocenters. The summed E-state index contributed by atoms with van der Waals surface area (Å²) in [5.41, 5.74) is 4.56. The molecule has 2 aliphatic rings. The fourth-order valence-electron chi connectivity index (χ4n) is 4.96. The number of carboxylic acid groups (broad SMARTS) is 1. The van der Waals surface area contributed by atoms with Crippen LogP contribution in [-0.2, 0) is 9.53 Å². The van der Waals surface area contributed by atoms with E-state index in [1.165, 1.54) is 6.20 Å². The first-order valence-corrected chi connectivity index (χ1v) is 12.4. The zero-order valence-corrected chi connectivity index (χ0v) is 19.7. The highest BCUT2D eigenvalue weighted by Gasteiger charge is 2.30. The van der Waals surface area contributed by atoms with E-state index < -0.39 is 18.0 Å². The van der Waals surface area contributed by atoms with E-state index in [0.717, 1.165) is 46.4 Å². The third-order valence-corrected chi connectivity index (χ3v) is 7.55. The van der Waals surface area contributed by atoms with Gasteiger partial charge < -0.3 is 15.2 Å². The van der Waals surface area contributed by atoms with Gasteiger partial charge in [-0.25, -0.2) is 9.78 Å². The first-order chi connectivity index (χ1) is 17.0. The Morgan fingerprint density at radius 3 is 2.40 bits per heavy atom. The first-order valence-electron chi connectivity index (χ1n) is 11.6. The van der Waals surface area contributed by atoms with Crippen molar-refractivity contribution in [3.05, 3.63) is 70.7 Å². The molecule has 1 heterocycles. The summed E-state index contributed by atoms with van der Waals surface area (Å²) in [6.45, 7) is 0.186. The fraction of sp³-hybridized carbons (Fsp3) is 0.308. The average molecular weight is 492 g/mol. The Morgan fingerprint density at radius 2 is 1.71 bits per heavy atom. The van der Waals surface area contributed by atoms with Crippen LogP contribution in [0.1, 0.15) is 52.4 Å². The maximum Gasteiger partial charge on any atom is 0.413 e. The Hall–Kier alpha value is -3.72. The molecule has 3 aromatic rings. The van der Waals surface area contributed by atoms with E-state index in [1.54, 1.807) is 0 Å². The number of rotatable bonds is 6. The number of aliphatic carboxylic acids is 1. The van der Waals surface area contributed by atoms with Gasteiger partial charge in [-0.2, -0.15) is 0 Å². The number of fused-ring (bicyclic) bond motifs is 3. The van der Waals surface area contributed by atoms with E-state index in [2.05, 4.69) is 39.9 Å². The van der Waals surface area contributed by atoms with Gasteiger partial charge in [0, 0.05) is 12.0 Å². The number of carbonyl (C=O) groups excluding carboxylic acids is 2. The van der Waals surface area contributed by atoms with Crippen LogP contribution in [0.4, 0.5) is 9.93 Å². The quantitative estimate of drug-likeness (QED) is 0.453. The number of carbonyl (C=O) groups is 3. The predicted octanol–water partition coefficient (Wildman–Crippen LogP) is 4.88. The fourth-order valence-corrected chi connectivity index (χ4v) is 5.67. The molecule has 0 unspecified atom stereocenters. The number of nitrogens with one attached hydrogen (secondary N) is 2. The molecule has 2 aliphatic carbocycles. The number of benzene rings is 2. The molecule has 35 heavy (non-hydrogen) atoms. The van der Waals surface area contributed by atoms with E-state index in [9.17, 15) is 19.5 Å². The average Bonchev–Trinajstić information content (AvgIpc) is 3.46. The van der Waals surface area contributed by atoms with Gasteiger partial charge in [-0.15, -0.1) is 0 Å². The highest BCUT2D eigenvalue weighted by atomic mass is 32.1. The summed E-state index contributed by atoms with van der Waals surface area (Å²) in [5, 5.41) is 15.0. The summed E-state index contributed by atoms with van der Waals surface area (Å²) in [6, 6.07) is 16.0. The molecule has 5 rings (SSSR count). The van der Waals surface area contributed by atoms with Crippen molar-refractivity contribution in [1.29, 1.82) is 0 Å². The van der Waals surface area contributed by atoms with Crippen LogP contribution in [0, 0.1) is 5.92 Å². The topological polar surface area (TPSA) is 118 Å². The highest BCUT2D eigenvalue weighted by Crippen LogP contribution is 2.44. The lowest BCUT2D eigenvalue weighted by Gasteiger charge is -2.27. The molecule has 0 spiro atoms. The second kappa shape index (κ2) is 9.87. The lowest BCUT2D eigenvalue weighted by atomic mass is 9.86. The molecule has 0 aliphatic heterocycles. The summed E-state index contributed by atoms with van der Waals surface area (Å²) < 4.78 is 5.53. The molecular weight excluding hydrogens is 466 g/mol. The van der Waals surface area contributed by atoms with Crippen LogP contribution in [0.5, 0.6) is 0 Å². The SMILES string of the molecule is O=C(Nc1ncc(C(=O)N[C@@H]2CCC[C@H](C(=O)O)C2)s1)OCC1c2ccccc2-c2ccccc21. The Morgan fingerprint density at radius 1 is 1.03 bits per heavy atom. The molecular formula is C26H25N3O5S. The minimum Gasteiger partial charge on any atom is -0.481 e. The van der Waals surface area contributed by atoms with Crippen molar-refractivity contribution in [2.75, 3.05) is 11.9 Å². The minimum absolute atomic E-state index is 0.0455. The smallest absolute Gasteiger partial charge is 0.413 e. The number of anilines is 1. The summed E-state index contributed by atoms with van der Waals surface area (Å²) in [7, 11) is 0. The molecule has 9 heteroatoms. The molecule has 0 radical (unpaired) electrons. The molecule has 1 saturated carbocycles. The van der Waals surface area contributed by atoms with E-state index in [-0.39, 0.29) is 29.6 Å². The summed E-state index contributed by atoms with van der Waals surface area (Å²) in [6.07, 6.45) is 3.33. The van der Waals surface area contributed by atoms with Crippen LogP contribution in [0.3, 0.4) is 0 Å². The lowest BCUT2D eigenvalue weighted by Crippen LogP contribution is -2.39. The number of carboxylic acids is 1. The van der Waals surface area contributed by atoms with Gasteiger partial charge in [0.2, 0.25) is 0 Å². The van der Waals surface area contributed by atoms with Gasteiger partial charge in [-0.05, 0) is 41.5 Å². The van der Waals surface area contributed by atoms with Gasteiger partial charge in [-0.3, -0.25) is 14.9 Å². The maximum absolute atomic E-state index is 12.6. The van der Waals surface area contributed by atoms with Gasteiger partial charge >= 0.3 is 12.1 Å². The van der Waals surface area contributed by atoms with Gasteiger partial charge in [0.1, 0.15) is 11.5 Å². The molecule has 2 aromatic carbocycles. The third kappa shape index (κ3) is 4.90. The Labute approximate surface area is 206 Å². The molecule has 3 N–H and O–H groups in total. The highest BCUT2D eigenvalue weighted by molar-refractivity contribution is 7.17. The van der Waals surface area contributed by atoms with Crippen LogP contribution >= 0.6 is 11.3 Å². The Bertz CT molecular complexity index is 1230. The Kier molecular flexibility index (Phi) is 6.50. The molecule has 1 aromatic heterocycles. The number of aromatic nitrogens is 1. The van der Waals surface area contributed by atoms with Crippen molar-refractivity contribution in [2.45, 2.75) is 37.6 Å². The van der Waals surface area contributed by atoms with Gasteiger partial charge in [-0.1, -0.05) is 66.3 Å². The van der Waals surface area contributed by atoms with E-state index >= 15 is 0 Å². The summed E-state index contributed by atoms with van der Waals surface area (Å²) >= 11 is 1.05. The molecule has 1 fully saturated rings. The van der Waals surface area contributed by atoms with Crippen molar-refractivity contribution >= 4 is 34.4 Å². The predicted molar refractivity (Wildman–Crippen MR) is 132 cm³/mol. The van der Waals surface area contributed by atoms with Crippen molar-refractivity contribution in [2.24, 2.45) is 5.92 Å². The van der Waals surface area contributed by atoms with E-state index in [1.807, 2.05) is 24.3 Å². The van der Waals surface area contributed by atoms with Crippen molar-refractivity contribution in [3.8, 4) is 11.1 Å². The van der Waals surface area contributed by atoms with Gasteiger partial charge in [0.25, 0.3) is 5.91 Å². The zero-order valence-electron chi connectivity index (χ0n) is 18.9. The van der Waals surface area contributed by atoms with E-state index in [0.29, 0.717) is 17.7 Å². The van der Waals surface area contributed by atoms with Crippen molar-refractivity contribution in [1.82, 2.24) is 10.3 Å². The Balaban J connectivity index is 1.17. The maximum atomic E-state index is 12.6. The summed E-state index contributed by atoms with van der Waals surface area (Å²) in [5.74, 6) is -1.62. The molecule has 0 bridgehead atoms. The first kappa shape index (κ1) is 23.0. The normalized spacial score (nSPS) is 18.9. The number of hydrogen-bond acceptors (Lipinski definition) is 6. The second-order valence-corrected chi connectivity index (χ2v) is 9.88. The number of thiazole rings is 1. The number of hydrogen-bond donors (Lipinski definition) is 3. The van der Waals surface area contributed by atoms with Crippen molar-refractivity contribution in [3.63, 3.8) is 0 Å². The zero-order chi connectivity index (χ0) is 24.4. The monoisotopic (exact) mass is 491 g/mol. The largest absolute Gasteiger partial charge is 0.481 e. The number of ether oxygens (including phenoxy) is 1. The second-order valence-electron chi connectivity index (χ2n) is 8.85. The number of nitrogens with zero attached hydrogens (tertiary/aromatic N) is 1. The minimum atomic E-state index is -0.823. The summed E-state index contributed by atoms with van der Waals surface area (Å²) in [4.78, 5) is 40.8. The lowest BCUT2D eigenvalue weighted by molar-refractivity contribution is -0.143. The third-order valence-electron chi connectivity index (χ3n) is 6.64. The van der Waals surface area contributed by atoms with Crippen LogP contribution in [0.25, 0.3) is 11.1 Å². The van der Waals surface area contributed by atoms with Crippen LogP contribution in [0.2, 0.25) is 0 Å². The van der Waals surface area contributed by atoms with Gasteiger partial charge in [0.05, 0.1) is 12.1 Å². The molecule has 2 amide bonds. The van der Waals surface area contributed by atoms with Crippen molar-refractivity contribution < 1.29 is 24.2 Å². The van der Waals surface area contributed by atoms with Crippen LogP contribution in [0.15, 0.2) is 54.7 Å². The molecule has 180 valence electrons. The van der Waals surface area contributed by atoms with Crippen LogP contribution in [-0.4, -0.2) is 40.7 Å². The molecule has 0 saturated heterocycles. The number of amides is 2. The van der Waals surface area contributed by atoms with E-state index in [4.69, 9.17) is 4.74 Å². The molecule has 8 nitrogen and oxygen atoms in total. The standard InChI is InChI=1S/C26H25N3O5S/c30-23(28-16-7-5-6-15(12-16)24(31)32)22-13-27-25(35-22)29-26(33)34-14-21-19-10-3-1-8-17(19)18-9-2-4-11-20(18)21/h1-4,8-11,13,15-16,21H,5-7,12,14H2,(H,28,30)(H,31,32)(H,27,29,33)/t15-,16+/m0/s1. The van der Waals surface area contributed by atoms with Crippen LogP contribution < -0.4 is 10.6 Å². The van der Waals surface area contributed by atoms with Gasteiger partial charge in [0.15, 0.2) is 5.13 Å².